The highest BCUT2D eigenvalue weighted by molar-refractivity contribution is 9.10. The van der Waals surface area contributed by atoms with Crippen molar-refractivity contribution >= 4 is 27.7 Å². The highest BCUT2D eigenvalue weighted by atomic mass is 79.9. The number of carbonyl (C=O) groups is 1. The van der Waals surface area contributed by atoms with E-state index in [-0.39, 0.29) is 26.4 Å². The first kappa shape index (κ1) is 32.9. The number of fused-ring (bicyclic) bond motifs is 1. The second-order valence-electron chi connectivity index (χ2n) is 11.2. The fraction of sp³-hybridized carbons (Fsp3) is 0.257. The van der Waals surface area contributed by atoms with Gasteiger partial charge < -0.3 is 24.1 Å². The summed E-state index contributed by atoms with van der Waals surface area (Å²) in [7, 11) is 0. The molecule has 0 fully saturated rings. The van der Waals surface area contributed by atoms with Crippen molar-refractivity contribution in [1.82, 2.24) is 10.9 Å². The van der Waals surface area contributed by atoms with Gasteiger partial charge in [-0.3, -0.25) is 10.2 Å². The standard InChI is InChI=1S/C35H33BrN6O6/c36-28-11-7-24(8-12-28)32-35(19-26-4-1-2-5-27(26)21-39-42-37,34(44)41-38-20-23-6-15-30-31(18-23)47-22-46-30)40-33(48-32)25-9-13-29(14-10-25)45-17-3-16-43/h1-2,4-15,18,32,38,43H,3,16-17,19-22H2,(H,41,44)/t32-,35-/m0/s1. The van der Waals surface area contributed by atoms with Gasteiger partial charge in [0.25, 0.3) is 5.91 Å². The van der Waals surface area contributed by atoms with Crippen molar-refractivity contribution in [2.45, 2.75) is 37.6 Å². The molecule has 0 unspecified atom stereocenters. The number of hydrazine groups is 1. The molecule has 6 rings (SSSR count). The second-order valence-corrected chi connectivity index (χ2v) is 12.1. The third kappa shape index (κ3) is 7.40. The number of aliphatic imine (C=N–C) groups is 1. The molecule has 48 heavy (non-hydrogen) atoms. The van der Waals surface area contributed by atoms with Crippen molar-refractivity contribution in [3.05, 3.63) is 134 Å². The zero-order valence-electron chi connectivity index (χ0n) is 25.8. The number of hydrogen-bond donors (Lipinski definition) is 3. The first-order valence-corrected chi connectivity index (χ1v) is 16.1. The lowest BCUT2D eigenvalue weighted by Crippen LogP contribution is -2.53. The number of hydrogen-bond acceptors (Lipinski definition) is 9. The van der Waals surface area contributed by atoms with Gasteiger partial charge in [0.2, 0.25) is 12.7 Å². The Balaban J connectivity index is 1.37. The molecule has 4 aromatic rings. The quantitative estimate of drug-likeness (QED) is 0.0470. The van der Waals surface area contributed by atoms with E-state index in [1.807, 2.05) is 78.9 Å². The molecule has 13 heteroatoms. The lowest BCUT2D eigenvalue weighted by atomic mass is 9.81. The predicted octanol–water partition coefficient (Wildman–Crippen LogP) is 6.07. The number of nitrogens with zero attached hydrogens (tertiary/aromatic N) is 4. The molecule has 2 atom stereocenters. The summed E-state index contributed by atoms with van der Waals surface area (Å²) < 4.78 is 24.1. The zero-order valence-corrected chi connectivity index (χ0v) is 27.4. The van der Waals surface area contributed by atoms with E-state index in [0.717, 1.165) is 26.7 Å². The maximum absolute atomic E-state index is 14.6. The summed E-state index contributed by atoms with van der Waals surface area (Å²) in [5, 5.41) is 12.9. The summed E-state index contributed by atoms with van der Waals surface area (Å²) in [6, 6.07) is 28.0. The number of halogens is 1. The first-order chi connectivity index (χ1) is 23.5. The highest BCUT2D eigenvalue weighted by Crippen LogP contribution is 2.43. The van der Waals surface area contributed by atoms with E-state index < -0.39 is 17.6 Å². The summed E-state index contributed by atoms with van der Waals surface area (Å²) in [5.41, 5.74) is 17.4. The van der Waals surface area contributed by atoms with Crippen LogP contribution in [0.2, 0.25) is 0 Å². The minimum Gasteiger partial charge on any atom is -0.494 e. The lowest BCUT2D eigenvalue weighted by molar-refractivity contribution is -0.130. The van der Waals surface area contributed by atoms with Gasteiger partial charge in [0.15, 0.2) is 23.1 Å². The van der Waals surface area contributed by atoms with E-state index in [9.17, 15) is 4.79 Å². The van der Waals surface area contributed by atoms with Crippen molar-refractivity contribution in [1.29, 1.82) is 0 Å². The van der Waals surface area contributed by atoms with Crippen LogP contribution < -0.4 is 25.1 Å². The number of amides is 1. The van der Waals surface area contributed by atoms with Gasteiger partial charge in [-0.1, -0.05) is 63.5 Å². The first-order valence-electron chi connectivity index (χ1n) is 15.3. The van der Waals surface area contributed by atoms with Crippen molar-refractivity contribution in [2.75, 3.05) is 20.0 Å². The van der Waals surface area contributed by atoms with E-state index in [4.69, 9.17) is 34.6 Å². The molecule has 246 valence electrons. The van der Waals surface area contributed by atoms with Crippen molar-refractivity contribution in [3.63, 3.8) is 0 Å². The van der Waals surface area contributed by atoms with Gasteiger partial charge >= 0.3 is 0 Å². The number of nitrogens with one attached hydrogen (secondary N) is 2. The van der Waals surface area contributed by atoms with Crippen LogP contribution >= 0.6 is 15.9 Å². The monoisotopic (exact) mass is 712 g/mol. The Kier molecular flexibility index (Phi) is 10.4. The van der Waals surface area contributed by atoms with Gasteiger partial charge in [0.1, 0.15) is 5.75 Å². The molecular weight excluding hydrogens is 680 g/mol. The summed E-state index contributed by atoms with van der Waals surface area (Å²) in [6.07, 6.45) is -0.150. The minimum absolute atomic E-state index is 0.0435. The average molecular weight is 714 g/mol. The normalized spacial score (nSPS) is 17.6. The molecule has 2 heterocycles. The Morgan fingerprint density at radius 1 is 1.04 bits per heavy atom. The maximum Gasteiger partial charge on any atom is 0.266 e. The Hall–Kier alpha value is -5.07. The van der Waals surface area contributed by atoms with Crippen molar-refractivity contribution in [3.8, 4) is 17.2 Å². The molecular formula is C35H33BrN6O6. The zero-order chi connectivity index (χ0) is 33.3. The van der Waals surface area contributed by atoms with Gasteiger partial charge in [0, 0.05) is 40.9 Å². The van der Waals surface area contributed by atoms with E-state index in [1.165, 1.54) is 0 Å². The average Bonchev–Trinajstić information content (AvgIpc) is 3.74. The molecule has 0 aliphatic carbocycles. The molecule has 0 radical (unpaired) electrons. The van der Waals surface area contributed by atoms with Gasteiger partial charge in [0.05, 0.1) is 13.2 Å². The van der Waals surface area contributed by atoms with Crippen LogP contribution in [0, 0.1) is 0 Å². The summed E-state index contributed by atoms with van der Waals surface area (Å²) in [4.78, 5) is 22.6. The number of aliphatic hydroxyl groups excluding tert-OH is 1. The molecule has 0 spiro atoms. The Labute approximate surface area is 285 Å². The number of rotatable bonds is 14. The lowest BCUT2D eigenvalue weighted by Gasteiger charge is -2.31. The van der Waals surface area contributed by atoms with Crippen LogP contribution in [-0.2, 0) is 29.0 Å². The van der Waals surface area contributed by atoms with Crippen LogP contribution in [0.4, 0.5) is 0 Å². The predicted molar refractivity (Wildman–Crippen MR) is 181 cm³/mol. The van der Waals surface area contributed by atoms with E-state index >= 15 is 0 Å². The largest absolute Gasteiger partial charge is 0.494 e. The minimum atomic E-state index is -1.48. The molecule has 0 saturated carbocycles. The molecule has 12 nitrogen and oxygen atoms in total. The van der Waals surface area contributed by atoms with Crippen LogP contribution in [0.15, 0.2) is 106 Å². The van der Waals surface area contributed by atoms with Crippen LogP contribution in [0.25, 0.3) is 10.4 Å². The third-order valence-electron chi connectivity index (χ3n) is 8.02. The molecule has 3 N–H and O–H groups in total. The molecule has 2 aliphatic heterocycles. The van der Waals surface area contributed by atoms with E-state index in [0.29, 0.717) is 48.3 Å². The van der Waals surface area contributed by atoms with Crippen LogP contribution in [0.1, 0.15) is 40.3 Å². The molecule has 0 bridgehead atoms. The fourth-order valence-corrected chi connectivity index (χ4v) is 5.85. The summed E-state index contributed by atoms with van der Waals surface area (Å²) in [5.74, 6) is 1.84. The topological polar surface area (TPSA) is 159 Å². The second kappa shape index (κ2) is 15.2. The fourth-order valence-electron chi connectivity index (χ4n) is 5.59. The number of aliphatic hydroxyl groups is 1. The molecule has 4 aromatic carbocycles. The molecule has 2 aliphatic rings. The van der Waals surface area contributed by atoms with Crippen molar-refractivity contribution < 1.29 is 28.8 Å². The SMILES string of the molecule is [N-]=[N+]=NCc1ccccc1C[C@]1(C(=O)NNCc2ccc3c(c2)OCO3)N=C(c2ccc(OCCCO)cc2)O[C@H]1c1ccc(Br)cc1. The molecule has 0 aromatic heterocycles. The third-order valence-corrected chi connectivity index (χ3v) is 8.55. The van der Waals surface area contributed by atoms with E-state index in [2.05, 4.69) is 36.8 Å². The van der Waals surface area contributed by atoms with Gasteiger partial charge in [-0.2, -0.15) is 0 Å². The highest BCUT2D eigenvalue weighted by Gasteiger charge is 2.53. The molecule has 1 amide bonds. The number of carbonyl (C=O) groups excluding carboxylic acids is 1. The number of ether oxygens (including phenoxy) is 4. The van der Waals surface area contributed by atoms with Gasteiger partial charge in [-0.25, -0.2) is 10.4 Å². The Bertz CT molecular complexity index is 1830. The number of azide groups is 1. The summed E-state index contributed by atoms with van der Waals surface area (Å²) in [6.45, 7) is 1.03. The smallest absolute Gasteiger partial charge is 0.266 e. The maximum atomic E-state index is 14.6. The van der Waals surface area contributed by atoms with Crippen molar-refractivity contribution in [2.24, 2.45) is 10.1 Å². The Morgan fingerprint density at radius 2 is 1.81 bits per heavy atom. The van der Waals surface area contributed by atoms with Crippen LogP contribution in [0.5, 0.6) is 17.2 Å². The van der Waals surface area contributed by atoms with E-state index in [1.54, 1.807) is 12.1 Å². The van der Waals surface area contributed by atoms with Crippen LogP contribution in [-0.4, -0.2) is 42.5 Å². The number of benzene rings is 4. The van der Waals surface area contributed by atoms with Crippen LogP contribution in [0.3, 0.4) is 0 Å². The molecule has 0 saturated heterocycles. The summed E-state index contributed by atoms with van der Waals surface area (Å²) >= 11 is 3.51. The van der Waals surface area contributed by atoms with Gasteiger partial charge in [-0.05, 0) is 76.3 Å². The van der Waals surface area contributed by atoms with Gasteiger partial charge in [-0.15, -0.1) is 0 Å². The Morgan fingerprint density at radius 3 is 2.58 bits per heavy atom.